The monoisotopic (exact) mass is 306 g/mol. The highest BCUT2D eigenvalue weighted by molar-refractivity contribution is 6.30. The first-order chi connectivity index (χ1) is 10.7. The molecule has 1 N–H and O–H groups in total. The van der Waals surface area contributed by atoms with Crippen molar-refractivity contribution in [1.29, 1.82) is 5.26 Å². The highest BCUT2D eigenvalue weighted by atomic mass is 35.5. The van der Waals surface area contributed by atoms with Crippen LogP contribution >= 0.6 is 11.6 Å². The quantitative estimate of drug-likeness (QED) is 0.478. The fourth-order valence-corrected chi connectivity index (χ4v) is 2.61. The minimum atomic E-state index is 0.479. The Morgan fingerprint density at radius 1 is 1.00 bits per heavy atom. The van der Waals surface area contributed by atoms with Gasteiger partial charge in [-0.15, -0.1) is 0 Å². The largest absolute Gasteiger partial charge is 0.410 e. The molecule has 22 heavy (non-hydrogen) atoms. The van der Waals surface area contributed by atoms with Crippen molar-refractivity contribution in [3.63, 3.8) is 0 Å². The average Bonchev–Trinajstić information content (AvgIpc) is 2.57. The first kappa shape index (κ1) is 14.1. The number of hydrogen-bond donors (Lipinski definition) is 1. The van der Waals surface area contributed by atoms with E-state index in [4.69, 9.17) is 16.8 Å². The third-order valence-corrected chi connectivity index (χ3v) is 3.77. The summed E-state index contributed by atoms with van der Waals surface area (Å²) < 4.78 is 0. The zero-order chi connectivity index (χ0) is 15.5. The van der Waals surface area contributed by atoms with Crippen LogP contribution in [0, 0.1) is 11.3 Å². The fraction of sp³-hybridized carbons (Fsp3) is 0. The van der Waals surface area contributed by atoms with Crippen LogP contribution in [0.2, 0.25) is 5.02 Å². The predicted molar refractivity (Wildman–Crippen MR) is 87.8 cm³/mol. The Hall–Kier alpha value is -2.83. The first-order valence-electron chi connectivity index (χ1n) is 6.65. The Morgan fingerprint density at radius 3 is 2.32 bits per heavy atom. The maximum Gasteiger partial charge on any atom is 0.110 e. The maximum absolute atomic E-state index is 9.60. The van der Waals surface area contributed by atoms with E-state index < -0.39 is 0 Å². The smallest absolute Gasteiger partial charge is 0.110 e. The molecule has 0 saturated carbocycles. The van der Waals surface area contributed by atoms with Crippen LogP contribution in [0.1, 0.15) is 16.7 Å². The van der Waals surface area contributed by atoms with E-state index in [2.05, 4.69) is 11.2 Å². The van der Waals surface area contributed by atoms with Gasteiger partial charge < -0.3 is 5.21 Å². The third kappa shape index (κ3) is 2.41. The van der Waals surface area contributed by atoms with Gasteiger partial charge in [0.05, 0.1) is 5.57 Å². The number of allylic oxidation sites excluding steroid dienone is 4. The molecule has 0 spiro atoms. The lowest BCUT2D eigenvalue weighted by atomic mass is 9.87. The Labute approximate surface area is 133 Å². The van der Waals surface area contributed by atoms with Gasteiger partial charge in [0, 0.05) is 16.2 Å². The predicted octanol–water partition coefficient (Wildman–Crippen LogP) is 4.52. The van der Waals surface area contributed by atoms with E-state index in [1.165, 1.54) is 0 Å². The zero-order valence-corrected chi connectivity index (χ0v) is 12.2. The molecule has 4 heteroatoms. The van der Waals surface area contributed by atoms with Crippen molar-refractivity contribution < 1.29 is 5.21 Å². The van der Waals surface area contributed by atoms with Crippen molar-refractivity contribution in [2.24, 2.45) is 5.16 Å². The van der Waals surface area contributed by atoms with E-state index in [-0.39, 0.29) is 0 Å². The van der Waals surface area contributed by atoms with Gasteiger partial charge in [0.2, 0.25) is 0 Å². The molecular formula is C18H11ClN2O. The standard InChI is InChI=1S/C18H11ClN2O/c19-13-7-5-12(6-8-13)17(11-20)15-9-10-18(21-22)16-4-2-1-3-14(15)16/h1-10,22H/b17-15-,21-18-. The van der Waals surface area contributed by atoms with Crippen LogP contribution in [0.3, 0.4) is 0 Å². The van der Waals surface area contributed by atoms with Crippen molar-refractivity contribution in [3.05, 3.63) is 82.4 Å². The third-order valence-electron chi connectivity index (χ3n) is 3.52. The van der Waals surface area contributed by atoms with Gasteiger partial charge in [-0.1, -0.05) is 59.2 Å². The summed E-state index contributed by atoms with van der Waals surface area (Å²) >= 11 is 5.91. The molecule has 1 aliphatic rings. The highest BCUT2D eigenvalue weighted by Gasteiger charge is 2.18. The van der Waals surface area contributed by atoms with Gasteiger partial charge in [-0.3, -0.25) is 0 Å². The SMILES string of the molecule is N#C/C(=C1C=C/C(=N/O)c2ccccc2\1)c1ccc(Cl)cc1. The summed E-state index contributed by atoms with van der Waals surface area (Å²) in [6.45, 7) is 0. The summed E-state index contributed by atoms with van der Waals surface area (Å²) in [6, 6.07) is 17.0. The summed E-state index contributed by atoms with van der Waals surface area (Å²) in [6.07, 6.45) is 3.50. The van der Waals surface area contributed by atoms with E-state index in [9.17, 15) is 5.26 Å². The lowest BCUT2D eigenvalue weighted by Gasteiger charge is -2.16. The number of oxime groups is 1. The molecule has 0 unspecified atom stereocenters. The number of rotatable bonds is 1. The van der Waals surface area contributed by atoms with Gasteiger partial charge >= 0.3 is 0 Å². The van der Waals surface area contributed by atoms with Crippen molar-refractivity contribution >= 4 is 28.5 Å². The topological polar surface area (TPSA) is 56.4 Å². The van der Waals surface area contributed by atoms with Gasteiger partial charge in [-0.2, -0.15) is 5.26 Å². The summed E-state index contributed by atoms with van der Waals surface area (Å²) in [5, 5.41) is 22.6. The molecule has 0 radical (unpaired) electrons. The Bertz CT molecular complexity index is 855. The highest BCUT2D eigenvalue weighted by Crippen LogP contribution is 2.33. The molecule has 2 aromatic carbocycles. The summed E-state index contributed by atoms with van der Waals surface area (Å²) in [5.74, 6) is 0. The van der Waals surface area contributed by atoms with Crippen molar-refractivity contribution in [2.45, 2.75) is 0 Å². The lowest BCUT2D eigenvalue weighted by molar-refractivity contribution is 0.320. The van der Waals surface area contributed by atoms with Crippen LogP contribution in [0.25, 0.3) is 11.1 Å². The minimum Gasteiger partial charge on any atom is -0.410 e. The molecule has 0 atom stereocenters. The molecule has 0 saturated heterocycles. The second-order valence-electron chi connectivity index (χ2n) is 4.77. The number of hydrogen-bond acceptors (Lipinski definition) is 3. The summed E-state index contributed by atoms with van der Waals surface area (Å²) in [5.41, 5.74) is 4.29. The molecule has 0 amide bonds. The minimum absolute atomic E-state index is 0.479. The molecule has 106 valence electrons. The molecular weight excluding hydrogens is 296 g/mol. The number of benzene rings is 2. The first-order valence-corrected chi connectivity index (χ1v) is 7.02. The van der Waals surface area contributed by atoms with Crippen LogP contribution < -0.4 is 0 Å². The number of nitrogens with zero attached hydrogens (tertiary/aromatic N) is 2. The number of halogens is 1. The van der Waals surface area contributed by atoms with E-state index >= 15 is 0 Å². The van der Waals surface area contributed by atoms with E-state index in [1.54, 1.807) is 24.3 Å². The van der Waals surface area contributed by atoms with Gasteiger partial charge in [0.1, 0.15) is 11.8 Å². The molecule has 0 heterocycles. The van der Waals surface area contributed by atoms with Crippen molar-refractivity contribution in [1.82, 2.24) is 0 Å². The van der Waals surface area contributed by atoms with Crippen molar-refractivity contribution in [2.75, 3.05) is 0 Å². The van der Waals surface area contributed by atoms with Gasteiger partial charge in [-0.25, -0.2) is 0 Å². The second-order valence-corrected chi connectivity index (χ2v) is 5.21. The summed E-state index contributed by atoms with van der Waals surface area (Å²) in [7, 11) is 0. The molecule has 1 aliphatic carbocycles. The maximum atomic E-state index is 9.60. The fourth-order valence-electron chi connectivity index (χ4n) is 2.49. The van der Waals surface area contributed by atoms with Gasteiger partial charge in [-0.05, 0) is 29.3 Å². The second kappa shape index (κ2) is 5.88. The van der Waals surface area contributed by atoms with E-state index in [1.807, 2.05) is 36.4 Å². The molecule has 2 aromatic rings. The molecule has 0 aliphatic heterocycles. The zero-order valence-electron chi connectivity index (χ0n) is 11.5. The molecule has 3 rings (SSSR count). The summed E-state index contributed by atoms with van der Waals surface area (Å²) in [4.78, 5) is 0. The molecule has 0 fully saturated rings. The van der Waals surface area contributed by atoms with Crippen LogP contribution in [-0.2, 0) is 0 Å². The van der Waals surface area contributed by atoms with Crippen LogP contribution in [0.5, 0.6) is 0 Å². The van der Waals surface area contributed by atoms with Crippen LogP contribution in [-0.4, -0.2) is 10.9 Å². The lowest BCUT2D eigenvalue weighted by Crippen LogP contribution is -2.07. The normalized spacial score (nSPS) is 17.0. The molecule has 0 aromatic heterocycles. The Balaban J connectivity index is 2.25. The van der Waals surface area contributed by atoms with E-state index in [0.717, 1.165) is 22.3 Å². The van der Waals surface area contributed by atoms with Crippen molar-refractivity contribution in [3.8, 4) is 6.07 Å². The van der Waals surface area contributed by atoms with Crippen LogP contribution in [0.4, 0.5) is 0 Å². The number of fused-ring (bicyclic) bond motifs is 1. The molecule has 0 bridgehead atoms. The van der Waals surface area contributed by atoms with E-state index in [0.29, 0.717) is 16.3 Å². The Kier molecular flexibility index (Phi) is 3.78. The Morgan fingerprint density at radius 2 is 1.68 bits per heavy atom. The van der Waals surface area contributed by atoms with Gasteiger partial charge in [0.25, 0.3) is 0 Å². The average molecular weight is 307 g/mol. The van der Waals surface area contributed by atoms with Gasteiger partial charge in [0.15, 0.2) is 0 Å². The number of nitriles is 1. The molecule has 3 nitrogen and oxygen atoms in total. The van der Waals surface area contributed by atoms with Crippen LogP contribution in [0.15, 0.2) is 65.8 Å².